The van der Waals surface area contributed by atoms with Crippen LogP contribution in [0.2, 0.25) is 0 Å². The van der Waals surface area contributed by atoms with Gasteiger partial charge in [-0.05, 0) is 68.7 Å². The molecule has 0 spiro atoms. The van der Waals surface area contributed by atoms with Gasteiger partial charge >= 0.3 is 0 Å². The van der Waals surface area contributed by atoms with E-state index in [2.05, 4.69) is 56.9 Å². The number of rotatable bonds is 2. The van der Waals surface area contributed by atoms with E-state index in [4.69, 9.17) is 0 Å². The first kappa shape index (κ1) is 20.7. The van der Waals surface area contributed by atoms with Crippen LogP contribution >= 0.6 is 22.7 Å². The second-order valence-corrected chi connectivity index (χ2v) is 8.30. The predicted molar refractivity (Wildman–Crippen MR) is 125 cm³/mol. The number of piperidine rings is 1. The van der Waals surface area contributed by atoms with Crippen molar-refractivity contribution in [2.24, 2.45) is 0 Å². The number of nitrogens with zero attached hydrogens (tertiary/aromatic N) is 3. The van der Waals surface area contributed by atoms with Gasteiger partial charge in [0.1, 0.15) is 4.83 Å². The number of fused-ring (bicyclic) bond motifs is 2. The molecule has 1 N–H and O–H groups in total. The molecule has 4 nitrogen and oxygen atoms in total. The molecule has 4 heterocycles. The van der Waals surface area contributed by atoms with Crippen molar-refractivity contribution < 1.29 is 0 Å². The quantitative estimate of drug-likeness (QED) is 0.394. The molecule has 0 atom stereocenters. The topological polar surface area (TPSA) is 41.0 Å². The summed E-state index contributed by atoms with van der Waals surface area (Å²) >= 11 is 3.31. The number of anilines is 2. The molecular weight excluding hydrogens is 384 g/mol. The number of pyridine rings is 1. The monoisotopic (exact) mass is 412 g/mol. The molecule has 1 aliphatic rings. The third-order valence-electron chi connectivity index (χ3n) is 4.56. The Kier molecular flexibility index (Phi) is 7.77. The first-order valence-corrected chi connectivity index (χ1v) is 11.7. The average molecular weight is 413 g/mol. The van der Waals surface area contributed by atoms with E-state index in [1.54, 1.807) is 22.7 Å². The summed E-state index contributed by atoms with van der Waals surface area (Å²) in [6.45, 7) is 6.64. The van der Waals surface area contributed by atoms with E-state index >= 15 is 0 Å². The molecule has 28 heavy (non-hydrogen) atoms. The molecule has 1 aliphatic heterocycles. The van der Waals surface area contributed by atoms with Crippen molar-refractivity contribution in [2.45, 2.75) is 33.1 Å². The maximum atomic E-state index is 4.35. The van der Waals surface area contributed by atoms with Crippen LogP contribution in [0.15, 0.2) is 47.4 Å². The first-order valence-electron chi connectivity index (χ1n) is 9.90. The van der Waals surface area contributed by atoms with Gasteiger partial charge in [-0.3, -0.25) is 0 Å². The molecule has 5 rings (SSSR count). The van der Waals surface area contributed by atoms with Crippen molar-refractivity contribution in [1.29, 1.82) is 0 Å². The Morgan fingerprint density at radius 2 is 1.79 bits per heavy atom. The number of thiophene rings is 1. The van der Waals surface area contributed by atoms with Gasteiger partial charge in [-0.2, -0.15) is 0 Å². The molecule has 0 aliphatic carbocycles. The lowest BCUT2D eigenvalue weighted by Crippen LogP contribution is -2.24. The number of aromatic nitrogens is 2. The largest absolute Gasteiger partial charge is 0.355 e. The number of benzene rings is 1. The van der Waals surface area contributed by atoms with Crippen LogP contribution in [-0.2, 0) is 0 Å². The molecule has 0 unspecified atom stereocenters. The smallest absolute Gasteiger partial charge is 0.125 e. The maximum Gasteiger partial charge on any atom is 0.125 e. The summed E-state index contributed by atoms with van der Waals surface area (Å²) in [6, 6.07) is 10.3. The Bertz CT molecular complexity index is 986. The molecule has 1 fully saturated rings. The normalized spacial score (nSPS) is 14.1. The van der Waals surface area contributed by atoms with Crippen LogP contribution in [0.4, 0.5) is 11.4 Å². The van der Waals surface area contributed by atoms with Crippen LogP contribution in [0.1, 0.15) is 33.1 Å². The molecule has 148 valence electrons. The highest BCUT2D eigenvalue weighted by Crippen LogP contribution is 2.29. The van der Waals surface area contributed by atoms with Gasteiger partial charge in [0.2, 0.25) is 0 Å². The van der Waals surface area contributed by atoms with Gasteiger partial charge in [0, 0.05) is 17.3 Å². The Morgan fingerprint density at radius 3 is 2.54 bits per heavy atom. The zero-order chi connectivity index (χ0) is 19.8. The highest BCUT2D eigenvalue weighted by atomic mass is 32.1. The van der Waals surface area contributed by atoms with Crippen molar-refractivity contribution in [3.05, 3.63) is 47.4 Å². The van der Waals surface area contributed by atoms with E-state index in [9.17, 15) is 0 Å². The lowest BCUT2D eigenvalue weighted by atomic mass is 10.1. The molecule has 0 radical (unpaired) electrons. The summed E-state index contributed by atoms with van der Waals surface area (Å²) in [5, 5.41) is 6.67. The molecule has 3 aromatic heterocycles. The van der Waals surface area contributed by atoms with Crippen LogP contribution < -0.4 is 5.32 Å². The lowest BCUT2D eigenvalue weighted by molar-refractivity contribution is 0.277. The fourth-order valence-corrected chi connectivity index (χ4v) is 4.55. The summed E-state index contributed by atoms with van der Waals surface area (Å²) in [6.07, 6.45) is 6.11. The SMILES string of the molecule is CC.CN1CCCCC1.c1cc(Nc2ccc3scnc3c2)c2ccsc2n1. The predicted octanol–water partition coefficient (Wildman–Crippen LogP) is 6.78. The summed E-state index contributed by atoms with van der Waals surface area (Å²) in [4.78, 5) is 12.1. The molecule has 0 amide bonds. The summed E-state index contributed by atoms with van der Waals surface area (Å²) in [5.74, 6) is 0. The molecular formula is C22H28N4S2. The van der Waals surface area contributed by atoms with Gasteiger partial charge in [-0.15, -0.1) is 22.7 Å². The van der Waals surface area contributed by atoms with Gasteiger partial charge in [-0.1, -0.05) is 20.3 Å². The van der Waals surface area contributed by atoms with Crippen molar-refractivity contribution in [2.75, 3.05) is 25.5 Å². The highest BCUT2D eigenvalue weighted by molar-refractivity contribution is 7.17. The number of likely N-dealkylation sites (tertiary alicyclic amines) is 1. The van der Waals surface area contributed by atoms with Crippen molar-refractivity contribution >= 4 is 54.5 Å². The van der Waals surface area contributed by atoms with Crippen LogP contribution in [0.3, 0.4) is 0 Å². The Balaban J connectivity index is 0.000000211. The van der Waals surface area contributed by atoms with E-state index < -0.39 is 0 Å². The summed E-state index contributed by atoms with van der Waals surface area (Å²) < 4.78 is 1.21. The standard InChI is InChI=1S/C14H9N3S2.C6H13N.C2H6/c1-2-13-12(16-8-19-13)7-9(1)17-11-3-5-15-14-10(11)4-6-18-14;1-7-5-3-2-4-6-7;1-2/h1-8H,(H,15,17);2-6H2,1H3;1-2H3. The van der Waals surface area contributed by atoms with Crippen LogP contribution in [-0.4, -0.2) is 35.0 Å². The molecule has 1 aromatic carbocycles. The molecule has 6 heteroatoms. The van der Waals surface area contributed by atoms with E-state index in [1.807, 2.05) is 31.6 Å². The third-order valence-corrected chi connectivity index (χ3v) is 6.19. The van der Waals surface area contributed by atoms with Crippen molar-refractivity contribution in [1.82, 2.24) is 14.9 Å². The van der Waals surface area contributed by atoms with E-state index in [0.717, 1.165) is 27.1 Å². The average Bonchev–Trinajstić information content (AvgIpc) is 3.40. The molecule has 0 saturated carbocycles. The molecule has 4 aromatic rings. The van der Waals surface area contributed by atoms with Gasteiger partial charge in [0.25, 0.3) is 0 Å². The highest BCUT2D eigenvalue weighted by Gasteiger charge is 2.05. The third kappa shape index (κ3) is 5.28. The Labute approximate surface area is 175 Å². The van der Waals surface area contributed by atoms with Crippen LogP contribution in [0, 0.1) is 0 Å². The number of nitrogens with one attached hydrogen (secondary N) is 1. The van der Waals surface area contributed by atoms with Gasteiger partial charge < -0.3 is 10.2 Å². The van der Waals surface area contributed by atoms with Gasteiger partial charge in [0.05, 0.1) is 21.4 Å². The molecule has 1 saturated heterocycles. The second-order valence-electron chi connectivity index (χ2n) is 6.52. The minimum atomic E-state index is 1.03. The minimum Gasteiger partial charge on any atom is -0.355 e. The lowest BCUT2D eigenvalue weighted by Gasteiger charge is -2.20. The van der Waals surface area contributed by atoms with Crippen LogP contribution in [0.5, 0.6) is 0 Å². The fourth-order valence-electron chi connectivity index (χ4n) is 3.13. The number of thiazole rings is 1. The zero-order valence-corrected chi connectivity index (χ0v) is 18.4. The van der Waals surface area contributed by atoms with Crippen molar-refractivity contribution in [3.63, 3.8) is 0 Å². The van der Waals surface area contributed by atoms with E-state index in [1.165, 1.54) is 37.1 Å². The van der Waals surface area contributed by atoms with E-state index in [-0.39, 0.29) is 0 Å². The van der Waals surface area contributed by atoms with Gasteiger partial charge in [0.15, 0.2) is 0 Å². The maximum absolute atomic E-state index is 4.35. The Morgan fingerprint density at radius 1 is 0.964 bits per heavy atom. The first-order chi connectivity index (χ1) is 13.8. The number of hydrogen-bond acceptors (Lipinski definition) is 6. The van der Waals surface area contributed by atoms with Gasteiger partial charge in [-0.25, -0.2) is 9.97 Å². The van der Waals surface area contributed by atoms with Crippen molar-refractivity contribution in [3.8, 4) is 0 Å². The van der Waals surface area contributed by atoms with Crippen LogP contribution in [0.25, 0.3) is 20.4 Å². The van der Waals surface area contributed by atoms with E-state index in [0.29, 0.717) is 0 Å². The molecule has 0 bridgehead atoms. The Hall–Kier alpha value is -2.02. The number of hydrogen-bond donors (Lipinski definition) is 1. The minimum absolute atomic E-state index is 1.03. The summed E-state index contributed by atoms with van der Waals surface area (Å²) in [5.41, 5.74) is 5.04. The zero-order valence-electron chi connectivity index (χ0n) is 16.8. The summed E-state index contributed by atoms with van der Waals surface area (Å²) in [7, 11) is 2.19. The second kappa shape index (κ2) is 10.5. The fraction of sp³-hybridized carbons (Fsp3) is 0.364.